The molecule has 0 aliphatic heterocycles. The molecule has 3 aromatic carbocycles. The van der Waals surface area contributed by atoms with Gasteiger partial charge in [-0.1, -0.05) is 68.4 Å². The number of thiophene rings is 1. The van der Waals surface area contributed by atoms with E-state index in [1.165, 1.54) is 53.5 Å². The lowest BCUT2D eigenvalue weighted by Crippen LogP contribution is -2.14. The van der Waals surface area contributed by atoms with Gasteiger partial charge in [-0.25, -0.2) is 0 Å². The molecule has 25 heavy (non-hydrogen) atoms. The van der Waals surface area contributed by atoms with Crippen LogP contribution in [0.3, 0.4) is 0 Å². The van der Waals surface area contributed by atoms with E-state index >= 15 is 0 Å². The van der Waals surface area contributed by atoms with Crippen LogP contribution < -0.4 is 0 Å². The summed E-state index contributed by atoms with van der Waals surface area (Å²) in [6.45, 7) is 4.69. The highest BCUT2D eigenvalue weighted by Gasteiger charge is 2.38. The van der Waals surface area contributed by atoms with Gasteiger partial charge in [-0.05, 0) is 17.2 Å². The summed E-state index contributed by atoms with van der Waals surface area (Å²) in [6.07, 6.45) is 0. The van der Waals surface area contributed by atoms with E-state index in [2.05, 4.69) is 79.5 Å². The van der Waals surface area contributed by atoms with Gasteiger partial charge in [-0.3, -0.25) is 0 Å². The summed E-state index contributed by atoms with van der Waals surface area (Å²) < 4.78 is 2.74. The number of rotatable bonds is 0. The van der Waals surface area contributed by atoms with Gasteiger partial charge < -0.3 is 4.98 Å². The molecule has 6 rings (SSSR count). The molecule has 2 aromatic heterocycles. The summed E-state index contributed by atoms with van der Waals surface area (Å²) in [6, 6.07) is 22.2. The van der Waals surface area contributed by atoms with Gasteiger partial charge in [0, 0.05) is 31.8 Å². The third-order valence-corrected chi connectivity index (χ3v) is 7.02. The second-order valence-corrected chi connectivity index (χ2v) is 8.56. The molecular weight excluding hydrogens is 322 g/mol. The number of fused-ring (bicyclic) bond motifs is 9. The maximum absolute atomic E-state index is 3.80. The number of hydrogen-bond donors (Lipinski definition) is 1. The maximum Gasteiger partial charge on any atom is 0.0643 e. The van der Waals surface area contributed by atoms with Gasteiger partial charge in [-0.15, -0.1) is 11.3 Å². The molecule has 0 atom stereocenters. The lowest BCUT2D eigenvalue weighted by atomic mass is 9.81. The molecule has 0 fully saturated rings. The summed E-state index contributed by atoms with van der Waals surface area (Å²) >= 11 is 1.90. The van der Waals surface area contributed by atoms with Crippen LogP contribution in [0.4, 0.5) is 0 Å². The normalized spacial score (nSPS) is 15.1. The van der Waals surface area contributed by atoms with Gasteiger partial charge in [0.25, 0.3) is 0 Å². The molecule has 2 heteroatoms. The van der Waals surface area contributed by atoms with Gasteiger partial charge in [0.05, 0.1) is 15.9 Å². The number of benzene rings is 3. The molecule has 0 unspecified atom stereocenters. The fraction of sp³-hybridized carbons (Fsp3) is 0.130. The first kappa shape index (κ1) is 13.7. The fourth-order valence-electron chi connectivity index (χ4n) is 4.68. The Bertz CT molecular complexity index is 1320. The van der Waals surface area contributed by atoms with Crippen molar-refractivity contribution in [2.24, 2.45) is 0 Å². The molecule has 0 saturated carbocycles. The minimum Gasteiger partial charge on any atom is -0.353 e. The molecule has 2 heterocycles. The molecule has 0 amide bonds. The van der Waals surface area contributed by atoms with Crippen molar-refractivity contribution in [2.45, 2.75) is 19.3 Å². The Labute approximate surface area is 149 Å². The van der Waals surface area contributed by atoms with Crippen LogP contribution in [-0.4, -0.2) is 4.98 Å². The third-order valence-electron chi connectivity index (χ3n) is 5.81. The summed E-state index contributed by atoms with van der Waals surface area (Å²) in [5.41, 5.74) is 6.87. The molecule has 1 nitrogen and oxygen atoms in total. The Hall–Kier alpha value is -2.58. The lowest BCUT2D eigenvalue weighted by Gasteiger charge is -2.21. The van der Waals surface area contributed by atoms with Crippen LogP contribution in [0.25, 0.3) is 42.3 Å². The molecule has 1 N–H and O–H groups in total. The number of H-pyrrole nitrogens is 1. The minimum atomic E-state index is 0.0362. The summed E-state index contributed by atoms with van der Waals surface area (Å²) in [7, 11) is 0. The SMILES string of the molecule is CC1(C)c2ccccc2-c2[nH]c3c(ccc4c5ccccc5sc43)c21. The second kappa shape index (κ2) is 4.33. The zero-order valence-corrected chi connectivity index (χ0v) is 15.0. The monoisotopic (exact) mass is 339 g/mol. The van der Waals surface area contributed by atoms with Crippen LogP contribution in [-0.2, 0) is 5.41 Å². The Morgan fingerprint density at radius 3 is 2.48 bits per heavy atom. The highest BCUT2D eigenvalue weighted by molar-refractivity contribution is 7.26. The van der Waals surface area contributed by atoms with Crippen LogP contribution in [0.5, 0.6) is 0 Å². The van der Waals surface area contributed by atoms with Gasteiger partial charge in [0.1, 0.15) is 0 Å². The second-order valence-electron chi connectivity index (χ2n) is 7.51. The number of aromatic nitrogens is 1. The van der Waals surface area contributed by atoms with Crippen LogP contribution >= 0.6 is 11.3 Å². The van der Waals surface area contributed by atoms with E-state index in [-0.39, 0.29) is 5.41 Å². The average Bonchev–Trinajstić information content (AvgIpc) is 3.25. The van der Waals surface area contributed by atoms with Gasteiger partial charge in [0.2, 0.25) is 0 Å². The van der Waals surface area contributed by atoms with E-state index in [0.717, 1.165) is 0 Å². The Morgan fingerprint density at radius 2 is 1.56 bits per heavy atom. The fourth-order valence-corrected chi connectivity index (χ4v) is 5.88. The molecule has 0 saturated heterocycles. The number of nitrogens with one attached hydrogen (secondary N) is 1. The van der Waals surface area contributed by atoms with Crippen LogP contribution in [0.2, 0.25) is 0 Å². The zero-order chi connectivity index (χ0) is 16.8. The molecule has 0 radical (unpaired) electrons. The molecule has 5 aromatic rings. The van der Waals surface area contributed by atoms with E-state index < -0.39 is 0 Å². The van der Waals surface area contributed by atoms with Crippen LogP contribution in [0.1, 0.15) is 25.0 Å². The first-order chi connectivity index (χ1) is 12.2. The highest BCUT2D eigenvalue weighted by atomic mass is 32.1. The predicted octanol–water partition coefficient (Wildman–Crippen LogP) is 6.84. The largest absolute Gasteiger partial charge is 0.353 e. The van der Waals surface area contributed by atoms with Gasteiger partial charge in [-0.2, -0.15) is 0 Å². The van der Waals surface area contributed by atoms with E-state index in [9.17, 15) is 0 Å². The maximum atomic E-state index is 3.80. The van der Waals surface area contributed by atoms with E-state index in [1.54, 1.807) is 0 Å². The van der Waals surface area contributed by atoms with Crippen molar-refractivity contribution in [1.29, 1.82) is 0 Å². The van der Waals surface area contributed by atoms with E-state index in [4.69, 9.17) is 0 Å². The number of aromatic amines is 1. The summed E-state index contributed by atoms with van der Waals surface area (Å²) in [5.74, 6) is 0. The van der Waals surface area contributed by atoms with Gasteiger partial charge in [0.15, 0.2) is 0 Å². The molecule has 1 aliphatic rings. The van der Waals surface area contributed by atoms with E-state index in [0.29, 0.717) is 0 Å². The lowest BCUT2D eigenvalue weighted by molar-refractivity contribution is 0.666. The van der Waals surface area contributed by atoms with Crippen LogP contribution in [0, 0.1) is 0 Å². The minimum absolute atomic E-state index is 0.0362. The molecular formula is C23H17NS. The first-order valence-corrected chi connectivity index (χ1v) is 9.54. The summed E-state index contributed by atoms with van der Waals surface area (Å²) in [4.78, 5) is 3.80. The first-order valence-electron chi connectivity index (χ1n) is 8.72. The standard InChI is InChI=1S/C23H17NS/c1-23(2)17-9-5-3-8-15(17)20-19(23)16-12-11-14-13-7-4-6-10-18(13)25-22(14)21(16)24-20/h3-12,24H,1-2H3. The highest BCUT2D eigenvalue weighted by Crippen LogP contribution is 2.52. The van der Waals surface area contributed by atoms with Crippen molar-refractivity contribution in [1.82, 2.24) is 4.98 Å². The summed E-state index contributed by atoms with van der Waals surface area (Å²) in [5, 5.41) is 4.09. The van der Waals surface area contributed by atoms with Crippen molar-refractivity contribution in [3.63, 3.8) is 0 Å². The van der Waals surface area contributed by atoms with Gasteiger partial charge >= 0.3 is 0 Å². The molecule has 1 aliphatic carbocycles. The van der Waals surface area contributed by atoms with Crippen molar-refractivity contribution in [3.8, 4) is 11.3 Å². The zero-order valence-electron chi connectivity index (χ0n) is 14.2. The molecule has 0 bridgehead atoms. The topological polar surface area (TPSA) is 15.8 Å². The average molecular weight is 339 g/mol. The Morgan fingerprint density at radius 1 is 0.800 bits per heavy atom. The Balaban J connectivity index is 1.81. The van der Waals surface area contributed by atoms with Crippen molar-refractivity contribution < 1.29 is 0 Å². The van der Waals surface area contributed by atoms with Crippen molar-refractivity contribution in [3.05, 3.63) is 71.8 Å². The quantitative estimate of drug-likeness (QED) is 0.318. The number of hydrogen-bond acceptors (Lipinski definition) is 1. The van der Waals surface area contributed by atoms with Crippen molar-refractivity contribution in [2.75, 3.05) is 0 Å². The third kappa shape index (κ3) is 1.54. The smallest absolute Gasteiger partial charge is 0.0643 e. The molecule has 120 valence electrons. The van der Waals surface area contributed by atoms with E-state index in [1.807, 2.05) is 11.3 Å². The van der Waals surface area contributed by atoms with Crippen LogP contribution in [0.15, 0.2) is 60.7 Å². The predicted molar refractivity (Wildman–Crippen MR) is 109 cm³/mol. The molecule has 0 spiro atoms. The Kier molecular flexibility index (Phi) is 2.37. The van der Waals surface area contributed by atoms with Crippen molar-refractivity contribution >= 4 is 42.4 Å².